The van der Waals surface area contributed by atoms with E-state index in [4.69, 9.17) is 0 Å². The zero-order valence-electron chi connectivity index (χ0n) is 14.2. The van der Waals surface area contributed by atoms with Gasteiger partial charge in [-0.2, -0.15) is 0 Å². The Hall–Kier alpha value is -0.820. The summed E-state index contributed by atoms with van der Waals surface area (Å²) in [4.78, 5) is 0. The Morgan fingerprint density at radius 2 is 1.76 bits per heavy atom. The smallest absolute Gasteiger partial charge is 0.0794 e. The molecule has 2 aliphatic rings. The molecule has 3 unspecified atom stereocenters. The molecule has 0 spiro atoms. The second kappa shape index (κ2) is 4.59. The van der Waals surface area contributed by atoms with E-state index >= 15 is 0 Å². The molecule has 1 N–H and O–H groups in total. The zero-order chi connectivity index (χ0) is 15.5. The van der Waals surface area contributed by atoms with Crippen molar-refractivity contribution >= 4 is 0 Å². The van der Waals surface area contributed by atoms with Gasteiger partial charge < -0.3 is 5.11 Å². The van der Waals surface area contributed by atoms with Crippen LogP contribution in [0.1, 0.15) is 70.9 Å². The van der Waals surface area contributed by atoms with Gasteiger partial charge in [-0.3, -0.25) is 0 Å². The number of hydrogen-bond donors (Lipinski definition) is 1. The summed E-state index contributed by atoms with van der Waals surface area (Å²) < 4.78 is 0. The zero-order valence-corrected chi connectivity index (χ0v) is 14.2. The first-order valence-electron chi connectivity index (χ1n) is 8.51. The molecular formula is C20H30O. The summed E-state index contributed by atoms with van der Waals surface area (Å²) in [6.07, 6.45) is 4.46. The summed E-state index contributed by atoms with van der Waals surface area (Å²) >= 11 is 0. The lowest BCUT2D eigenvalue weighted by molar-refractivity contribution is -0.141. The summed E-state index contributed by atoms with van der Waals surface area (Å²) in [6.45, 7) is 11.3. The SMILES string of the molecule is CC(C)c1ccc(CC2(O)C3(C)CCC(C3)C2(C)C)cc1. The van der Waals surface area contributed by atoms with Crippen molar-refractivity contribution in [1.29, 1.82) is 0 Å². The molecule has 1 nitrogen and oxygen atoms in total. The van der Waals surface area contributed by atoms with E-state index in [-0.39, 0.29) is 10.8 Å². The van der Waals surface area contributed by atoms with Crippen LogP contribution in [0.5, 0.6) is 0 Å². The van der Waals surface area contributed by atoms with E-state index in [1.54, 1.807) is 0 Å². The summed E-state index contributed by atoms with van der Waals surface area (Å²) in [5, 5.41) is 11.6. The molecular weight excluding hydrogens is 256 g/mol. The third kappa shape index (κ3) is 2.00. The minimum atomic E-state index is -0.567. The van der Waals surface area contributed by atoms with E-state index in [0.717, 1.165) is 6.42 Å². The van der Waals surface area contributed by atoms with Crippen molar-refractivity contribution in [3.63, 3.8) is 0 Å². The van der Waals surface area contributed by atoms with Gasteiger partial charge in [0.2, 0.25) is 0 Å². The van der Waals surface area contributed by atoms with Gasteiger partial charge in [0, 0.05) is 6.42 Å². The molecule has 0 heterocycles. The summed E-state index contributed by atoms with van der Waals surface area (Å²) in [5.74, 6) is 1.25. The Kier molecular flexibility index (Phi) is 3.30. The molecule has 116 valence electrons. The Bertz CT molecular complexity index is 521. The third-order valence-corrected chi connectivity index (χ3v) is 6.93. The van der Waals surface area contributed by atoms with Gasteiger partial charge in [-0.15, -0.1) is 0 Å². The highest BCUT2D eigenvalue weighted by Gasteiger charge is 2.67. The van der Waals surface area contributed by atoms with Crippen LogP contribution in [0.15, 0.2) is 24.3 Å². The van der Waals surface area contributed by atoms with Gasteiger partial charge in [0.05, 0.1) is 5.60 Å². The van der Waals surface area contributed by atoms with Gasteiger partial charge in [-0.05, 0) is 53.1 Å². The van der Waals surface area contributed by atoms with Crippen molar-refractivity contribution in [3.05, 3.63) is 35.4 Å². The summed E-state index contributed by atoms with van der Waals surface area (Å²) in [7, 11) is 0. The van der Waals surface area contributed by atoms with Crippen molar-refractivity contribution in [1.82, 2.24) is 0 Å². The number of hydrogen-bond acceptors (Lipinski definition) is 1. The Labute approximate surface area is 129 Å². The van der Waals surface area contributed by atoms with E-state index in [0.29, 0.717) is 11.8 Å². The molecule has 3 atom stereocenters. The number of aliphatic hydroxyl groups is 1. The fourth-order valence-corrected chi connectivity index (χ4v) is 5.10. The molecule has 3 rings (SSSR count). The van der Waals surface area contributed by atoms with E-state index in [1.165, 1.54) is 30.4 Å². The van der Waals surface area contributed by atoms with Crippen molar-refractivity contribution < 1.29 is 5.11 Å². The van der Waals surface area contributed by atoms with E-state index in [2.05, 4.69) is 58.9 Å². The standard InChI is InChI=1S/C20H30O/c1-14(2)16-8-6-15(7-9-16)12-20(21)18(3,4)17-10-11-19(20,5)13-17/h6-9,14,17,21H,10-13H2,1-5H3. The highest BCUT2D eigenvalue weighted by atomic mass is 16.3. The molecule has 2 fully saturated rings. The first-order chi connectivity index (χ1) is 9.70. The lowest BCUT2D eigenvalue weighted by Crippen LogP contribution is -2.55. The maximum absolute atomic E-state index is 11.6. The summed E-state index contributed by atoms with van der Waals surface area (Å²) in [6, 6.07) is 8.90. The van der Waals surface area contributed by atoms with Crippen LogP contribution >= 0.6 is 0 Å². The van der Waals surface area contributed by atoms with Gasteiger partial charge in [0.25, 0.3) is 0 Å². The lowest BCUT2D eigenvalue weighted by atomic mass is 9.58. The molecule has 0 radical (unpaired) electrons. The fraction of sp³-hybridized carbons (Fsp3) is 0.700. The number of benzene rings is 1. The number of fused-ring (bicyclic) bond motifs is 2. The minimum absolute atomic E-state index is 0.0245. The van der Waals surface area contributed by atoms with Crippen molar-refractivity contribution in [3.8, 4) is 0 Å². The van der Waals surface area contributed by atoms with Crippen LogP contribution < -0.4 is 0 Å². The maximum atomic E-state index is 11.6. The molecule has 0 aromatic heterocycles. The predicted molar refractivity (Wildman–Crippen MR) is 88.4 cm³/mol. The molecule has 0 saturated heterocycles. The van der Waals surface area contributed by atoms with Gasteiger partial charge in [-0.25, -0.2) is 0 Å². The highest BCUT2D eigenvalue weighted by molar-refractivity contribution is 5.29. The molecule has 1 aromatic rings. The fourth-order valence-electron chi connectivity index (χ4n) is 5.10. The monoisotopic (exact) mass is 286 g/mol. The van der Waals surface area contributed by atoms with Crippen LogP contribution in [0.3, 0.4) is 0 Å². The van der Waals surface area contributed by atoms with Crippen LogP contribution in [0.25, 0.3) is 0 Å². The van der Waals surface area contributed by atoms with Gasteiger partial charge in [-0.1, -0.05) is 58.9 Å². The Morgan fingerprint density at radius 3 is 2.24 bits per heavy atom. The Morgan fingerprint density at radius 1 is 1.14 bits per heavy atom. The first-order valence-corrected chi connectivity index (χ1v) is 8.51. The molecule has 0 amide bonds. The van der Waals surface area contributed by atoms with Gasteiger partial charge >= 0.3 is 0 Å². The molecule has 0 aliphatic heterocycles. The molecule has 2 aliphatic carbocycles. The average molecular weight is 286 g/mol. The minimum Gasteiger partial charge on any atom is -0.388 e. The maximum Gasteiger partial charge on any atom is 0.0794 e. The molecule has 1 heteroatoms. The topological polar surface area (TPSA) is 20.2 Å². The van der Waals surface area contributed by atoms with Crippen LogP contribution in [0, 0.1) is 16.7 Å². The second-order valence-electron chi connectivity index (χ2n) is 8.66. The molecule has 2 saturated carbocycles. The van der Waals surface area contributed by atoms with Crippen LogP contribution in [-0.4, -0.2) is 10.7 Å². The first kappa shape index (κ1) is 15.1. The van der Waals surface area contributed by atoms with Crippen molar-refractivity contribution in [2.45, 2.75) is 71.8 Å². The van der Waals surface area contributed by atoms with E-state index in [1.807, 2.05) is 0 Å². The lowest BCUT2D eigenvalue weighted by Gasteiger charge is -2.51. The quantitative estimate of drug-likeness (QED) is 0.835. The van der Waals surface area contributed by atoms with Gasteiger partial charge in [0.15, 0.2) is 0 Å². The highest BCUT2D eigenvalue weighted by Crippen LogP contribution is 2.68. The molecule has 2 bridgehead atoms. The van der Waals surface area contributed by atoms with Crippen LogP contribution in [0.4, 0.5) is 0 Å². The van der Waals surface area contributed by atoms with E-state index in [9.17, 15) is 5.11 Å². The molecule has 21 heavy (non-hydrogen) atoms. The number of rotatable bonds is 3. The largest absolute Gasteiger partial charge is 0.388 e. The Balaban J connectivity index is 1.89. The third-order valence-electron chi connectivity index (χ3n) is 6.93. The normalized spacial score (nSPS) is 37.4. The average Bonchev–Trinajstić information content (AvgIpc) is 2.88. The van der Waals surface area contributed by atoms with Crippen LogP contribution in [-0.2, 0) is 6.42 Å². The second-order valence-corrected chi connectivity index (χ2v) is 8.66. The van der Waals surface area contributed by atoms with Crippen molar-refractivity contribution in [2.75, 3.05) is 0 Å². The predicted octanol–water partition coefficient (Wildman–Crippen LogP) is 4.93. The summed E-state index contributed by atoms with van der Waals surface area (Å²) in [5.41, 5.74) is 2.21. The van der Waals surface area contributed by atoms with Crippen molar-refractivity contribution in [2.24, 2.45) is 16.7 Å². The molecule has 1 aromatic carbocycles. The van der Waals surface area contributed by atoms with Crippen LogP contribution in [0.2, 0.25) is 0 Å². The van der Waals surface area contributed by atoms with Gasteiger partial charge in [0.1, 0.15) is 0 Å². The van der Waals surface area contributed by atoms with E-state index < -0.39 is 5.60 Å².